The van der Waals surface area contributed by atoms with Gasteiger partial charge in [0.2, 0.25) is 0 Å². The minimum Gasteiger partial charge on any atom is -0.466 e. The minimum absolute atomic E-state index is 0.0466. The molecule has 1 aromatic carbocycles. The Balaban J connectivity index is 1.89. The molecule has 0 aliphatic heterocycles. The van der Waals surface area contributed by atoms with Crippen LogP contribution in [0.5, 0.6) is 0 Å². The van der Waals surface area contributed by atoms with Crippen LogP contribution in [0.4, 0.5) is 0 Å². The predicted octanol–water partition coefficient (Wildman–Crippen LogP) is 3.81. The molecule has 3 rings (SSSR count). The molecule has 0 N–H and O–H groups in total. The van der Waals surface area contributed by atoms with E-state index in [0.29, 0.717) is 18.6 Å². The van der Waals surface area contributed by atoms with Crippen LogP contribution < -0.4 is 0 Å². The number of carbonyl (C=O) groups excluding carboxylic acids is 1. The largest absolute Gasteiger partial charge is 0.466 e. The van der Waals surface area contributed by atoms with Gasteiger partial charge in [-0.3, -0.25) is 4.79 Å². The molecule has 3 aromatic rings. The number of nitrogens with zero attached hydrogens (tertiary/aromatic N) is 2. The Kier molecular flexibility index (Phi) is 4.29. The van der Waals surface area contributed by atoms with E-state index in [9.17, 15) is 4.79 Å². The maximum absolute atomic E-state index is 11.6. The number of ether oxygens (including phenoxy) is 1. The van der Waals surface area contributed by atoms with Gasteiger partial charge in [-0.2, -0.15) is 0 Å². The third-order valence-electron chi connectivity index (χ3n) is 3.20. The monoisotopic (exact) mass is 316 g/mol. The van der Waals surface area contributed by atoms with Crippen LogP contribution in [-0.2, 0) is 9.53 Å². The first kappa shape index (κ1) is 14.8. The van der Waals surface area contributed by atoms with Crippen molar-refractivity contribution in [2.45, 2.75) is 30.5 Å². The van der Waals surface area contributed by atoms with Gasteiger partial charge in [-0.05, 0) is 19.1 Å². The van der Waals surface area contributed by atoms with Crippen molar-refractivity contribution in [2.24, 2.45) is 0 Å². The Morgan fingerprint density at radius 2 is 2.18 bits per heavy atom. The summed E-state index contributed by atoms with van der Waals surface area (Å²) >= 11 is 1.50. The van der Waals surface area contributed by atoms with Gasteiger partial charge in [0.1, 0.15) is 22.5 Å². The lowest BCUT2D eigenvalue weighted by Crippen LogP contribution is -2.10. The zero-order valence-corrected chi connectivity index (χ0v) is 13.2. The van der Waals surface area contributed by atoms with Gasteiger partial charge in [-0.15, -0.1) is 0 Å². The molecular formula is C16H16N2O3S. The van der Waals surface area contributed by atoms with E-state index in [4.69, 9.17) is 9.15 Å². The highest BCUT2D eigenvalue weighted by molar-refractivity contribution is 8.00. The van der Waals surface area contributed by atoms with Gasteiger partial charge in [-0.25, -0.2) is 9.97 Å². The average Bonchev–Trinajstić information content (AvgIpc) is 2.87. The molecule has 0 fully saturated rings. The highest BCUT2D eigenvalue weighted by atomic mass is 32.2. The molecule has 0 spiro atoms. The first-order valence-electron chi connectivity index (χ1n) is 7.13. The molecule has 1 unspecified atom stereocenters. The number of thioether (sulfide) groups is 1. The highest BCUT2D eigenvalue weighted by Gasteiger charge is 2.17. The van der Waals surface area contributed by atoms with Crippen molar-refractivity contribution in [3.8, 4) is 0 Å². The van der Waals surface area contributed by atoms with Crippen LogP contribution in [0.25, 0.3) is 22.1 Å². The number of furan rings is 1. The quantitative estimate of drug-likeness (QED) is 0.405. The normalized spacial score (nSPS) is 12.6. The number of aromatic nitrogens is 2. The topological polar surface area (TPSA) is 65.2 Å². The van der Waals surface area contributed by atoms with Crippen LogP contribution >= 0.6 is 11.8 Å². The molecule has 0 aliphatic carbocycles. The van der Waals surface area contributed by atoms with Crippen LogP contribution in [0.2, 0.25) is 0 Å². The number of fused-ring (bicyclic) bond motifs is 3. The van der Waals surface area contributed by atoms with Crippen LogP contribution in [0.15, 0.2) is 40.0 Å². The molecule has 2 heterocycles. The van der Waals surface area contributed by atoms with E-state index in [1.165, 1.54) is 18.1 Å². The van der Waals surface area contributed by atoms with Gasteiger partial charge < -0.3 is 9.15 Å². The van der Waals surface area contributed by atoms with Crippen molar-refractivity contribution < 1.29 is 13.9 Å². The number of hydrogen-bond donors (Lipinski definition) is 0. The summed E-state index contributed by atoms with van der Waals surface area (Å²) in [6, 6.07) is 7.77. The van der Waals surface area contributed by atoms with E-state index in [2.05, 4.69) is 9.97 Å². The second-order valence-corrected chi connectivity index (χ2v) is 6.32. The zero-order valence-electron chi connectivity index (χ0n) is 12.4. The molecule has 0 saturated carbocycles. The molecular weight excluding hydrogens is 300 g/mol. The lowest BCUT2D eigenvalue weighted by molar-refractivity contribution is -0.142. The minimum atomic E-state index is -0.197. The molecule has 0 saturated heterocycles. The third-order valence-corrected chi connectivity index (χ3v) is 4.28. The lowest BCUT2D eigenvalue weighted by atomic mass is 10.2. The van der Waals surface area contributed by atoms with Crippen molar-refractivity contribution in [1.29, 1.82) is 0 Å². The van der Waals surface area contributed by atoms with Crippen molar-refractivity contribution in [3.05, 3.63) is 30.6 Å². The zero-order chi connectivity index (χ0) is 15.5. The van der Waals surface area contributed by atoms with Crippen molar-refractivity contribution in [2.75, 3.05) is 6.61 Å². The van der Waals surface area contributed by atoms with Crippen LogP contribution in [0.1, 0.15) is 20.3 Å². The molecule has 0 amide bonds. The van der Waals surface area contributed by atoms with Gasteiger partial charge in [0.15, 0.2) is 5.58 Å². The first-order chi connectivity index (χ1) is 10.7. The number of para-hydroxylation sites is 1. The van der Waals surface area contributed by atoms with Gasteiger partial charge in [0, 0.05) is 10.6 Å². The summed E-state index contributed by atoms with van der Waals surface area (Å²) in [6.07, 6.45) is 1.87. The van der Waals surface area contributed by atoms with E-state index in [1.807, 2.05) is 31.2 Å². The molecule has 0 bridgehead atoms. The maximum Gasteiger partial charge on any atom is 0.306 e. The van der Waals surface area contributed by atoms with Crippen molar-refractivity contribution >= 4 is 39.8 Å². The Morgan fingerprint density at radius 1 is 1.36 bits per heavy atom. The Bertz CT molecular complexity index is 815. The van der Waals surface area contributed by atoms with E-state index in [-0.39, 0.29) is 11.2 Å². The summed E-state index contributed by atoms with van der Waals surface area (Å²) in [5, 5.41) is 1.77. The van der Waals surface area contributed by atoms with Crippen molar-refractivity contribution in [3.63, 3.8) is 0 Å². The maximum atomic E-state index is 11.6. The van der Waals surface area contributed by atoms with E-state index in [0.717, 1.165) is 21.5 Å². The summed E-state index contributed by atoms with van der Waals surface area (Å²) in [6.45, 7) is 4.17. The fourth-order valence-corrected chi connectivity index (χ4v) is 3.23. The van der Waals surface area contributed by atoms with Crippen LogP contribution in [0, 0.1) is 0 Å². The molecule has 0 aliphatic rings. The fraction of sp³-hybridized carbons (Fsp3) is 0.312. The average molecular weight is 316 g/mol. The molecule has 5 nitrogen and oxygen atoms in total. The summed E-state index contributed by atoms with van der Waals surface area (Å²) in [7, 11) is 0. The predicted molar refractivity (Wildman–Crippen MR) is 85.9 cm³/mol. The van der Waals surface area contributed by atoms with E-state index >= 15 is 0 Å². The summed E-state index contributed by atoms with van der Waals surface area (Å²) < 4.78 is 10.9. The van der Waals surface area contributed by atoms with E-state index in [1.54, 1.807) is 6.92 Å². The summed E-state index contributed by atoms with van der Waals surface area (Å²) in [5.74, 6) is -0.197. The Morgan fingerprint density at radius 3 is 3.00 bits per heavy atom. The Hall–Kier alpha value is -2.08. The third kappa shape index (κ3) is 2.92. The van der Waals surface area contributed by atoms with E-state index < -0.39 is 0 Å². The Labute approximate surface area is 132 Å². The highest BCUT2D eigenvalue weighted by Crippen LogP contribution is 2.34. The summed E-state index contributed by atoms with van der Waals surface area (Å²) in [4.78, 5) is 20.2. The molecule has 22 heavy (non-hydrogen) atoms. The van der Waals surface area contributed by atoms with Crippen LogP contribution in [-0.4, -0.2) is 27.8 Å². The molecule has 1 atom stereocenters. The first-order valence-corrected chi connectivity index (χ1v) is 8.01. The molecule has 2 aromatic heterocycles. The smallest absolute Gasteiger partial charge is 0.306 e. The lowest BCUT2D eigenvalue weighted by Gasteiger charge is -2.09. The molecule has 114 valence electrons. The SMILES string of the molecule is CCOC(=O)CC(C)Sc1ncnc2c1oc1ccccc12. The summed E-state index contributed by atoms with van der Waals surface area (Å²) in [5.41, 5.74) is 2.26. The van der Waals surface area contributed by atoms with Gasteiger partial charge in [0.05, 0.1) is 13.0 Å². The molecule has 6 heteroatoms. The van der Waals surface area contributed by atoms with Gasteiger partial charge >= 0.3 is 5.97 Å². The van der Waals surface area contributed by atoms with Gasteiger partial charge in [0.25, 0.3) is 0 Å². The van der Waals surface area contributed by atoms with Gasteiger partial charge in [-0.1, -0.05) is 30.8 Å². The fourth-order valence-electron chi connectivity index (χ4n) is 2.27. The standard InChI is InChI=1S/C16H16N2O3S/c1-3-20-13(19)8-10(2)22-16-15-14(17-9-18-16)11-6-4-5-7-12(11)21-15/h4-7,9-10H,3,8H2,1-2H3. The number of esters is 1. The van der Waals surface area contributed by atoms with Crippen LogP contribution in [0.3, 0.4) is 0 Å². The number of rotatable bonds is 5. The van der Waals surface area contributed by atoms with Crippen molar-refractivity contribution in [1.82, 2.24) is 9.97 Å². The molecule has 0 radical (unpaired) electrons. The number of carbonyl (C=O) groups is 1. The number of benzene rings is 1. The number of hydrogen-bond acceptors (Lipinski definition) is 6. The second kappa shape index (κ2) is 6.36. The second-order valence-electron chi connectivity index (χ2n) is 4.89.